The number of carbonyl (C=O) groups is 1. The van der Waals surface area contributed by atoms with Gasteiger partial charge in [0.25, 0.3) is 5.56 Å². The average Bonchev–Trinajstić information content (AvgIpc) is 3.38. The van der Waals surface area contributed by atoms with Crippen LogP contribution in [0.15, 0.2) is 39.0 Å². The molecule has 1 aliphatic carbocycles. The summed E-state index contributed by atoms with van der Waals surface area (Å²) in [6.45, 7) is 1.25. The molecule has 1 atom stereocenters. The number of thioether (sulfide) groups is 1. The standard InChI is InChI=1S/C23H26N6O5S/c1-33-15-8-4-13(5-9-15)20-26-27-23(28(20)11-16-3-2-10-34-16)35-12-17(30)18-19(24)29(14-6-7-14)22(32)25-21(18)31/h4-5,8-9,14,16H,2-3,6-7,10-12,24H2,1H3,(H,25,31,32). The van der Waals surface area contributed by atoms with Crippen LogP contribution in [0.25, 0.3) is 11.4 Å². The number of hydrogen-bond acceptors (Lipinski definition) is 9. The zero-order valence-electron chi connectivity index (χ0n) is 19.2. The van der Waals surface area contributed by atoms with Crippen molar-refractivity contribution in [1.82, 2.24) is 24.3 Å². The Kier molecular flexibility index (Phi) is 6.48. The summed E-state index contributed by atoms with van der Waals surface area (Å²) in [5.41, 5.74) is 5.40. The number of H-pyrrole nitrogens is 1. The van der Waals surface area contributed by atoms with Crippen molar-refractivity contribution in [1.29, 1.82) is 0 Å². The Labute approximate surface area is 204 Å². The van der Waals surface area contributed by atoms with E-state index in [2.05, 4.69) is 15.2 Å². The largest absolute Gasteiger partial charge is 0.497 e. The first-order valence-electron chi connectivity index (χ1n) is 11.5. The van der Waals surface area contributed by atoms with E-state index in [1.54, 1.807) is 7.11 Å². The van der Waals surface area contributed by atoms with Crippen molar-refractivity contribution in [2.75, 3.05) is 25.2 Å². The smallest absolute Gasteiger partial charge is 0.330 e. The van der Waals surface area contributed by atoms with Gasteiger partial charge < -0.3 is 15.2 Å². The Bertz CT molecular complexity index is 1350. The molecular formula is C23H26N6O5S. The van der Waals surface area contributed by atoms with Crippen LogP contribution in [0, 0.1) is 0 Å². The molecule has 5 rings (SSSR count). The van der Waals surface area contributed by atoms with Crippen LogP contribution in [0.4, 0.5) is 5.82 Å². The molecular weight excluding hydrogens is 472 g/mol. The molecule has 1 aromatic carbocycles. The number of rotatable bonds is 9. The number of nitrogens with one attached hydrogen (secondary N) is 1. The molecule has 3 aromatic rings. The zero-order valence-corrected chi connectivity index (χ0v) is 20.0. The van der Waals surface area contributed by atoms with Crippen LogP contribution in [-0.4, -0.2) is 55.7 Å². The zero-order chi connectivity index (χ0) is 24.5. The van der Waals surface area contributed by atoms with Crippen molar-refractivity contribution in [2.45, 2.75) is 49.5 Å². The number of hydrogen-bond donors (Lipinski definition) is 2. The Morgan fingerprint density at radius 3 is 2.66 bits per heavy atom. The van der Waals surface area contributed by atoms with E-state index in [-0.39, 0.29) is 29.3 Å². The number of ketones is 1. The predicted octanol–water partition coefficient (Wildman–Crippen LogP) is 1.87. The summed E-state index contributed by atoms with van der Waals surface area (Å²) in [7, 11) is 1.61. The summed E-state index contributed by atoms with van der Waals surface area (Å²) < 4.78 is 14.3. The average molecular weight is 499 g/mol. The van der Waals surface area contributed by atoms with Crippen molar-refractivity contribution >= 4 is 23.4 Å². The van der Waals surface area contributed by atoms with Crippen LogP contribution in [0.5, 0.6) is 5.75 Å². The lowest BCUT2D eigenvalue weighted by molar-refractivity contribution is 0.0953. The molecule has 1 saturated heterocycles. The van der Waals surface area contributed by atoms with Gasteiger partial charge in [0, 0.05) is 18.2 Å². The predicted molar refractivity (Wildman–Crippen MR) is 130 cm³/mol. The van der Waals surface area contributed by atoms with Crippen molar-refractivity contribution in [2.24, 2.45) is 0 Å². The van der Waals surface area contributed by atoms with E-state index in [0.717, 1.165) is 37.0 Å². The maximum Gasteiger partial charge on any atom is 0.330 e. The summed E-state index contributed by atoms with van der Waals surface area (Å²) in [5, 5.41) is 9.23. The van der Waals surface area contributed by atoms with Crippen LogP contribution in [0.2, 0.25) is 0 Å². The van der Waals surface area contributed by atoms with Crippen LogP contribution < -0.4 is 21.7 Å². The first-order chi connectivity index (χ1) is 17.0. The van der Waals surface area contributed by atoms with Gasteiger partial charge in [0.15, 0.2) is 16.8 Å². The third-order valence-corrected chi connectivity index (χ3v) is 7.15. The highest BCUT2D eigenvalue weighted by Gasteiger charge is 2.30. The number of anilines is 1. The Morgan fingerprint density at radius 1 is 1.23 bits per heavy atom. The fourth-order valence-corrected chi connectivity index (χ4v) is 5.06. The quantitative estimate of drug-likeness (QED) is 0.333. The molecule has 3 heterocycles. The molecule has 2 aliphatic rings. The van der Waals surface area contributed by atoms with Crippen LogP contribution in [0.1, 0.15) is 42.1 Å². The minimum absolute atomic E-state index is 0.0265. The molecule has 1 unspecified atom stereocenters. The number of aromatic nitrogens is 5. The second-order valence-electron chi connectivity index (χ2n) is 8.61. The Hall–Kier alpha value is -3.38. The number of methoxy groups -OCH3 is 1. The van der Waals surface area contributed by atoms with E-state index in [9.17, 15) is 14.4 Å². The van der Waals surface area contributed by atoms with E-state index in [0.29, 0.717) is 24.1 Å². The van der Waals surface area contributed by atoms with Crippen molar-refractivity contribution in [3.8, 4) is 17.1 Å². The fraction of sp³-hybridized carbons (Fsp3) is 0.435. The summed E-state index contributed by atoms with van der Waals surface area (Å²) in [4.78, 5) is 39.8. The molecule has 0 spiro atoms. The maximum absolute atomic E-state index is 13.0. The number of Topliss-reactive ketones (excluding diaryl/α,β-unsaturated/α-hetero) is 1. The first kappa shape index (κ1) is 23.4. The van der Waals surface area contributed by atoms with Crippen molar-refractivity contribution in [3.63, 3.8) is 0 Å². The second kappa shape index (κ2) is 9.70. The molecule has 12 heteroatoms. The summed E-state index contributed by atoms with van der Waals surface area (Å²) in [6, 6.07) is 7.42. The number of nitrogens with zero attached hydrogens (tertiary/aromatic N) is 4. The number of benzene rings is 1. The second-order valence-corrected chi connectivity index (χ2v) is 9.56. The van der Waals surface area contributed by atoms with Crippen molar-refractivity contribution < 1.29 is 14.3 Å². The Balaban J connectivity index is 1.41. The first-order valence-corrected chi connectivity index (χ1v) is 12.4. The minimum atomic E-state index is -0.769. The molecule has 184 valence electrons. The number of carbonyl (C=O) groups excluding carboxylic acids is 1. The summed E-state index contributed by atoms with van der Waals surface area (Å²) in [5.74, 6) is 0.752. The Morgan fingerprint density at radius 2 is 2.00 bits per heavy atom. The van der Waals surface area contributed by atoms with E-state index in [4.69, 9.17) is 15.2 Å². The van der Waals surface area contributed by atoms with Gasteiger partial charge >= 0.3 is 5.69 Å². The third kappa shape index (κ3) is 4.76. The van der Waals surface area contributed by atoms with Crippen molar-refractivity contribution in [3.05, 3.63) is 50.7 Å². The molecule has 1 aliphatic heterocycles. The molecule has 0 amide bonds. The topological polar surface area (TPSA) is 147 Å². The van der Waals surface area contributed by atoms with Gasteiger partial charge in [-0.3, -0.25) is 23.7 Å². The van der Waals surface area contributed by atoms with Gasteiger partial charge in [-0.25, -0.2) is 4.79 Å². The highest BCUT2D eigenvalue weighted by molar-refractivity contribution is 7.99. The van der Waals surface area contributed by atoms with E-state index in [1.165, 1.54) is 16.3 Å². The number of aromatic amines is 1. The van der Waals surface area contributed by atoms with E-state index < -0.39 is 17.0 Å². The molecule has 1 saturated carbocycles. The fourth-order valence-electron chi connectivity index (χ4n) is 4.24. The van der Waals surface area contributed by atoms with E-state index >= 15 is 0 Å². The number of ether oxygens (including phenoxy) is 2. The van der Waals surface area contributed by atoms with Gasteiger partial charge in [0.1, 0.15) is 17.1 Å². The molecule has 3 N–H and O–H groups in total. The van der Waals surface area contributed by atoms with Crippen LogP contribution in [0.3, 0.4) is 0 Å². The highest BCUT2D eigenvalue weighted by atomic mass is 32.2. The monoisotopic (exact) mass is 498 g/mol. The molecule has 2 aromatic heterocycles. The van der Waals surface area contributed by atoms with E-state index in [1.807, 2.05) is 28.8 Å². The lowest BCUT2D eigenvalue weighted by Gasteiger charge is -2.15. The lowest BCUT2D eigenvalue weighted by atomic mass is 10.2. The van der Waals surface area contributed by atoms with Crippen LogP contribution >= 0.6 is 11.8 Å². The molecule has 11 nitrogen and oxygen atoms in total. The lowest BCUT2D eigenvalue weighted by Crippen LogP contribution is -2.36. The minimum Gasteiger partial charge on any atom is -0.497 e. The summed E-state index contributed by atoms with van der Waals surface area (Å²) in [6.07, 6.45) is 3.53. The molecule has 2 fully saturated rings. The number of nitrogens with two attached hydrogens (primary N) is 1. The van der Waals surface area contributed by atoms with Crippen LogP contribution in [-0.2, 0) is 11.3 Å². The SMILES string of the molecule is COc1ccc(-c2nnc(SCC(=O)c3c(N)n(C4CC4)c(=O)[nH]c3=O)n2CC2CCCO2)cc1. The number of nitrogen functional groups attached to an aromatic ring is 1. The molecule has 35 heavy (non-hydrogen) atoms. The molecule has 0 radical (unpaired) electrons. The van der Waals surface area contributed by atoms with Gasteiger partial charge in [0.2, 0.25) is 0 Å². The maximum atomic E-state index is 13.0. The van der Waals surface area contributed by atoms with Gasteiger partial charge in [-0.2, -0.15) is 0 Å². The van der Waals surface area contributed by atoms with Gasteiger partial charge in [-0.05, 0) is 49.9 Å². The van der Waals surface area contributed by atoms with Gasteiger partial charge in [0.05, 0.1) is 25.5 Å². The van der Waals surface area contributed by atoms with Gasteiger partial charge in [-0.1, -0.05) is 11.8 Å². The van der Waals surface area contributed by atoms with Gasteiger partial charge in [-0.15, -0.1) is 10.2 Å². The normalized spacial score (nSPS) is 17.6. The third-order valence-electron chi connectivity index (χ3n) is 6.18. The summed E-state index contributed by atoms with van der Waals surface area (Å²) >= 11 is 1.17. The highest BCUT2D eigenvalue weighted by Crippen LogP contribution is 2.35. The molecule has 0 bridgehead atoms.